The molecule has 11 heteroatoms. The van der Waals surface area contributed by atoms with Crippen LogP contribution >= 0.6 is 0 Å². The summed E-state index contributed by atoms with van der Waals surface area (Å²) in [5.41, 5.74) is 5.42. The van der Waals surface area contributed by atoms with Gasteiger partial charge in [-0.3, -0.25) is 24.0 Å². The zero-order valence-corrected chi connectivity index (χ0v) is 21.4. The van der Waals surface area contributed by atoms with Crippen LogP contribution in [0.5, 0.6) is 0 Å². The number of carbonyl (C=O) groups is 3. The number of hydrogen-bond donors (Lipinski definition) is 0. The zero-order valence-electron chi connectivity index (χ0n) is 21.4. The highest BCUT2D eigenvalue weighted by molar-refractivity contribution is 6.21. The van der Waals surface area contributed by atoms with Crippen molar-refractivity contribution in [3.05, 3.63) is 95.3 Å². The molecule has 0 bridgehead atoms. The molecule has 5 aromatic rings. The Kier molecular flexibility index (Phi) is 5.34. The third-order valence-corrected chi connectivity index (χ3v) is 7.42. The molecule has 0 aliphatic carbocycles. The lowest BCUT2D eigenvalue weighted by Crippen LogP contribution is -2.37. The van der Waals surface area contributed by atoms with E-state index in [1.807, 2.05) is 10.7 Å². The van der Waals surface area contributed by atoms with E-state index >= 15 is 0 Å². The fourth-order valence-electron chi connectivity index (χ4n) is 5.44. The standard InChI is InChI=1S/C29H22FN7O3/c1-17(38)34-12-13-36-24(16-34)25(26(33-36)18-6-8-19(30)9-7-18)23-10-11-31-37-15-20(32-27(23)37)14-35-28(39)21-4-2-3-5-22(21)29(35)40/h2-11,15H,12-14,16H2,1H3. The van der Waals surface area contributed by atoms with E-state index in [-0.39, 0.29) is 30.1 Å². The number of fused-ring (bicyclic) bond motifs is 3. The maximum Gasteiger partial charge on any atom is 0.261 e. The van der Waals surface area contributed by atoms with Gasteiger partial charge in [0, 0.05) is 36.4 Å². The van der Waals surface area contributed by atoms with E-state index in [2.05, 4.69) is 5.10 Å². The summed E-state index contributed by atoms with van der Waals surface area (Å²) in [6.45, 7) is 2.94. The van der Waals surface area contributed by atoms with Crippen molar-refractivity contribution in [2.45, 2.75) is 26.6 Å². The van der Waals surface area contributed by atoms with Crippen molar-refractivity contribution >= 4 is 23.4 Å². The van der Waals surface area contributed by atoms with Gasteiger partial charge in [-0.05, 0) is 42.5 Å². The second-order valence-corrected chi connectivity index (χ2v) is 9.83. The zero-order chi connectivity index (χ0) is 27.5. The molecule has 0 fully saturated rings. The van der Waals surface area contributed by atoms with E-state index in [0.29, 0.717) is 47.8 Å². The van der Waals surface area contributed by atoms with Gasteiger partial charge < -0.3 is 4.90 Å². The van der Waals surface area contributed by atoms with Gasteiger partial charge in [-0.15, -0.1) is 0 Å². The Hall–Kier alpha value is -5.19. The van der Waals surface area contributed by atoms with E-state index in [0.717, 1.165) is 22.4 Å². The maximum atomic E-state index is 13.8. The fraction of sp³-hybridized carbons (Fsp3) is 0.172. The average Bonchev–Trinajstić information content (AvgIpc) is 3.62. The molecule has 0 radical (unpaired) electrons. The second kappa shape index (κ2) is 8.94. The SMILES string of the molecule is CC(=O)N1CCn2nc(-c3ccc(F)cc3)c(-c3ccnn4cc(CN5C(=O)c6ccccc6C5=O)nc34)c2C1. The summed E-state index contributed by atoms with van der Waals surface area (Å²) >= 11 is 0. The van der Waals surface area contributed by atoms with Gasteiger partial charge in [0.05, 0.1) is 48.3 Å². The lowest BCUT2D eigenvalue weighted by molar-refractivity contribution is -0.130. The molecule has 3 aromatic heterocycles. The summed E-state index contributed by atoms with van der Waals surface area (Å²) in [4.78, 5) is 45.9. The molecule has 5 heterocycles. The van der Waals surface area contributed by atoms with Gasteiger partial charge in [-0.2, -0.15) is 10.2 Å². The van der Waals surface area contributed by atoms with Crippen molar-refractivity contribution in [3.63, 3.8) is 0 Å². The van der Waals surface area contributed by atoms with Crippen LogP contribution in [0.4, 0.5) is 4.39 Å². The molecule has 0 spiro atoms. The van der Waals surface area contributed by atoms with Crippen molar-refractivity contribution in [1.82, 2.24) is 34.2 Å². The highest BCUT2D eigenvalue weighted by atomic mass is 19.1. The Labute approximate surface area is 227 Å². The van der Waals surface area contributed by atoms with E-state index in [1.54, 1.807) is 58.2 Å². The number of aromatic nitrogens is 5. The quantitative estimate of drug-likeness (QED) is 0.326. The number of nitrogens with zero attached hydrogens (tertiary/aromatic N) is 7. The minimum absolute atomic E-state index is 0.00972. The normalized spacial score (nSPS) is 14.7. The van der Waals surface area contributed by atoms with E-state index in [9.17, 15) is 18.8 Å². The summed E-state index contributed by atoms with van der Waals surface area (Å²) in [6, 6.07) is 14.7. The van der Waals surface area contributed by atoms with Crippen LogP contribution in [0.25, 0.3) is 28.0 Å². The van der Waals surface area contributed by atoms with E-state index < -0.39 is 0 Å². The monoisotopic (exact) mass is 535 g/mol. The molecule has 40 heavy (non-hydrogen) atoms. The van der Waals surface area contributed by atoms with Gasteiger partial charge in [0.2, 0.25) is 5.91 Å². The Morgan fingerprint density at radius 2 is 1.68 bits per heavy atom. The third kappa shape index (κ3) is 3.69. The first kappa shape index (κ1) is 23.9. The number of halogens is 1. The van der Waals surface area contributed by atoms with Crippen molar-refractivity contribution in [3.8, 4) is 22.4 Å². The van der Waals surface area contributed by atoms with Crippen LogP contribution in [0.2, 0.25) is 0 Å². The number of amides is 3. The maximum absolute atomic E-state index is 13.8. The molecule has 2 aliphatic rings. The summed E-state index contributed by atoms with van der Waals surface area (Å²) in [5, 5.41) is 9.28. The van der Waals surface area contributed by atoms with Gasteiger partial charge in [0.15, 0.2) is 5.65 Å². The number of rotatable bonds is 4. The Balaban J connectivity index is 1.34. The van der Waals surface area contributed by atoms with Crippen LogP contribution in [-0.2, 0) is 24.4 Å². The molecule has 198 valence electrons. The molecule has 0 atom stereocenters. The van der Waals surface area contributed by atoms with Gasteiger partial charge in [0.25, 0.3) is 11.8 Å². The number of hydrogen-bond acceptors (Lipinski definition) is 6. The van der Waals surface area contributed by atoms with Crippen LogP contribution in [0, 0.1) is 5.82 Å². The van der Waals surface area contributed by atoms with E-state index in [4.69, 9.17) is 10.1 Å². The number of benzene rings is 2. The Morgan fingerprint density at radius 3 is 2.38 bits per heavy atom. The summed E-state index contributed by atoms with van der Waals surface area (Å²) < 4.78 is 17.3. The minimum Gasteiger partial charge on any atom is -0.335 e. The average molecular weight is 536 g/mol. The molecule has 0 unspecified atom stereocenters. The molecule has 0 saturated heterocycles. The van der Waals surface area contributed by atoms with Crippen molar-refractivity contribution in [1.29, 1.82) is 0 Å². The fourth-order valence-corrected chi connectivity index (χ4v) is 5.44. The van der Waals surface area contributed by atoms with Gasteiger partial charge in [0.1, 0.15) is 11.5 Å². The van der Waals surface area contributed by atoms with Crippen LogP contribution < -0.4 is 0 Å². The third-order valence-electron chi connectivity index (χ3n) is 7.42. The molecule has 3 amide bonds. The van der Waals surface area contributed by atoms with Gasteiger partial charge in [-0.1, -0.05) is 12.1 Å². The summed E-state index contributed by atoms with van der Waals surface area (Å²) in [5.74, 6) is -1.11. The summed E-state index contributed by atoms with van der Waals surface area (Å²) in [7, 11) is 0. The number of imide groups is 1. The van der Waals surface area contributed by atoms with E-state index in [1.165, 1.54) is 24.0 Å². The highest BCUT2D eigenvalue weighted by Gasteiger charge is 2.36. The Bertz CT molecular complexity index is 1820. The molecule has 0 N–H and O–H groups in total. The lowest BCUT2D eigenvalue weighted by Gasteiger charge is -2.27. The molecule has 10 nitrogen and oxygen atoms in total. The first-order valence-electron chi connectivity index (χ1n) is 12.8. The molecule has 2 aromatic carbocycles. The lowest BCUT2D eigenvalue weighted by atomic mass is 9.99. The second-order valence-electron chi connectivity index (χ2n) is 9.83. The molecular weight excluding hydrogens is 513 g/mol. The highest BCUT2D eigenvalue weighted by Crippen LogP contribution is 2.38. The predicted octanol–water partition coefficient (Wildman–Crippen LogP) is 3.56. The van der Waals surface area contributed by atoms with Crippen LogP contribution in [0.15, 0.2) is 67.0 Å². The molecule has 7 rings (SSSR count). The van der Waals surface area contributed by atoms with Crippen LogP contribution in [0.1, 0.15) is 39.0 Å². The van der Waals surface area contributed by atoms with Gasteiger partial charge >= 0.3 is 0 Å². The smallest absolute Gasteiger partial charge is 0.261 e. The largest absolute Gasteiger partial charge is 0.335 e. The predicted molar refractivity (Wildman–Crippen MR) is 141 cm³/mol. The van der Waals surface area contributed by atoms with Crippen molar-refractivity contribution < 1.29 is 18.8 Å². The summed E-state index contributed by atoms with van der Waals surface area (Å²) in [6.07, 6.45) is 3.33. The molecule has 0 saturated carbocycles. The van der Waals surface area contributed by atoms with Crippen LogP contribution in [-0.4, -0.2) is 58.4 Å². The number of carbonyl (C=O) groups excluding carboxylic acids is 3. The topological polar surface area (TPSA) is 106 Å². The van der Waals surface area contributed by atoms with Crippen molar-refractivity contribution in [2.75, 3.05) is 6.54 Å². The first-order chi connectivity index (χ1) is 19.4. The minimum atomic E-state index is -0.362. The van der Waals surface area contributed by atoms with Crippen molar-refractivity contribution in [2.24, 2.45) is 0 Å². The van der Waals surface area contributed by atoms with Crippen LogP contribution in [0.3, 0.4) is 0 Å². The molecule has 2 aliphatic heterocycles. The first-order valence-corrected chi connectivity index (χ1v) is 12.8. The number of imidazole rings is 1. The Morgan fingerprint density at radius 1 is 0.950 bits per heavy atom. The van der Waals surface area contributed by atoms with Gasteiger partial charge in [-0.25, -0.2) is 13.9 Å². The molecular formula is C29H22FN7O3.